The Kier molecular flexibility index (Phi) is 6.57. The number of methoxy groups -OCH3 is 1. The molecule has 0 atom stereocenters. The summed E-state index contributed by atoms with van der Waals surface area (Å²) >= 11 is 0.852. The van der Waals surface area contributed by atoms with E-state index in [4.69, 9.17) is 9.84 Å². The zero-order chi connectivity index (χ0) is 25.9. The van der Waals surface area contributed by atoms with Gasteiger partial charge in [0, 0.05) is 29.5 Å². The molecule has 1 aliphatic rings. The first-order chi connectivity index (χ1) is 17.9. The van der Waals surface area contributed by atoms with Crippen LogP contribution in [0.3, 0.4) is 0 Å². The number of imide groups is 1. The smallest absolute Gasteiger partial charge is 0.293 e. The van der Waals surface area contributed by atoms with E-state index in [9.17, 15) is 19.7 Å². The molecule has 184 valence electrons. The van der Waals surface area contributed by atoms with Crippen LogP contribution in [0, 0.1) is 10.1 Å². The zero-order valence-electron chi connectivity index (χ0n) is 19.6. The summed E-state index contributed by atoms with van der Waals surface area (Å²) in [6, 6.07) is 22.8. The number of nitro groups is 1. The fourth-order valence-electron chi connectivity index (χ4n) is 3.86. The van der Waals surface area contributed by atoms with Crippen LogP contribution in [0.5, 0.6) is 5.75 Å². The minimum absolute atomic E-state index is 0.0224. The summed E-state index contributed by atoms with van der Waals surface area (Å²) < 4.78 is 6.99. The molecule has 1 saturated heterocycles. The molecule has 37 heavy (non-hydrogen) atoms. The third kappa shape index (κ3) is 5.00. The predicted octanol–water partition coefficient (Wildman–Crippen LogP) is 5.69. The number of carbonyl (C=O) groups excluding carboxylic acids is 2. The second-order valence-corrected chi connectivity index (χ2v) is 9.13. The number of thioether (sulfide) groups is 1. The lowest BCUT2D eigenvalue weighted by Crippen LogP contribution is -2.27. The van der Waals surface area contributed by atoms with Gasteiger partial charge in [0.15, 0.2) is 0 Å². The number of ether oxygens (including phenoxy) is 1. The predicted molar refractivity (Wildman–Crippen MR) is 140 cm³/mol. The Morgan fingerprint density at radius 3 is 2.35 bits per heavy atom. The van der Waals surface area contributed by atoms with Crippen molar-refractivity contribution >= 4 is 34.7 Å². The average molecular weight is 513 g/mol. The maximum Gasteiger partial charge on any atom is 0.293 e. The lowest BCUT2D eigenvalue weighted by molar-refractivity contribution is -0.384. The van der Waals surface area contributed by atoms with Crippen LogP contribution in [-0.2, 0) is 11.3 Å². The van der Waals surface area contributed by atoms with E-state index in [0.29, 0.717) is 22.6 Å². The van der Waals surface area contributed by atoms with E-state index in [1.54, 1.807) is 17.9 Å². The van der Waals surface area contributed by atoms with Crippen LogP contribution in [-0.4, -0.2) is 37.9 Å². The maximum absolute atomic E-state index is 13.2. The number of benzene rings is 3. The number of rotatable bonds is 7. The Balaban J connectivity index is 1.47. The quantitative estimate of drug-likeness (QED) is 0.178. The molecule has 10 heteroatoms. The van der Waals surface area contributed by atoms with E-state index < -0.39 is 16.1 Å². The van der Waals surface area contributed by atoms with Gasteiger partial charge in [0.1, 0.15) is 5.75 Å². The molecule has 1 aliphatic heterocycles. The molecule has 2 heterocycles. The lowest BCUT2D eigenvalue weighted by atomic mass is 10.1. The monoisotopic (exact) mass is 512 g/mol. The molecule has 0 N–H and O–H groups in total. The summed E-state index contributed by atoms with van der Waals surface area (Å²) in [7, 11) is 1.59. The molecule has 0 radical (unpaired) electrons. The molecule has 5 rings (SSSR count). The van der Waals surface area contributed by atoms with Gasteiger partial charge in [0.25, 0.3) is 16.8 Å². The summed E-state index contributed by atoms with van der Waals surface area (Å²) in [4.78, 5) is 37.7. The number of hydrogen-bond acceptors (Lipinski definition) is 7. The summed E-state index contributed by atoms with van der Waals surface area (Å²) in [5, 5.41) is 15.2. The van der Waals surface area contributed by atoms with Crippen LogP contribution in [0.1, 0.15) is 11.1 Å². The van der Waals surface area contributed by atoms with Gasteiger partial charge < -0.3 is 4.74 Å². The van der Waals surface area contributed by atoms with Crippen molar-refractivity contribution in [3.8, 4) is 22.7 Å². The van der Waals surface area contributed by atoms with Gasteiger partial charge in [0.2, 0.25) is 0 Å². The maximum atomic E-state index is 13.2. The summed E-state index contributed by atoms with van der Waals surface area (Å²) in [5.74, 6) is 0.279. The van der Waals surface area contributed by atoms with Crippen LogP contribution in [0.2, 0.25) is 0 Å². The van der Waals surface area contributed by atoms with Gasteiger partial charge in [-0.3, -0.25) is 24.6 Å². The van der Waals surface area contributed by atoms with Crippen molar-refractivity contribution < 1.29 is 19.2 Å². The number of non-ortho nitro benzene ring substituents is 1. The van der Waals surface area contributed by atoms with E-state index in [1.165, 1.54) is 24.3 Å². The van der Waals surface area contributed by atoms with Crippen molar-refractivity contribution in [2.45, 2.75) is 6.54 Å². The normalized spacial score (nSPS) is 14.4. The SMILES string of the molecule is COc1ccc(-c2nn(-c3ccccc3)cc2/C=C2\SC(=O)N(Cc3ccc([N+](=O)[O-])cc3)C2=O)cc1. The highest BCUT2D eigenvalue weighted by atomic mass is 32.2. The van der Waals surface area contributed by atoms with Crippen molar-refractivity contribution in [2.24, 2.45) is 0 Å². The fraction of sp³-hybridized carbons (Fsp3) is 0.0741. The highest BCUT2D eigenvalue weighted by Gasteiger charge is 2.35. The molecular formula is C27H20N4O5S. The van der Waals surface area contributed by atoms with Crippen LogP contribution in [0.25, 0.3) is 23.0 Å². The Hall–Kier alpha value is -4.70. The summed E-state index contributed by atoms with van der Waals surface area (Å²) in [6.07, 6.45) is 3.49. The highest BCUT2D eigenvalue weighted by molar-refractivity contribution is 8.18. The highest BCUT2D eigenvalue weighted by Crippen LogP contribution is 2.36. The number of amides is 2. The van der Waals surface area contributed by atoms with E-state index >= 15 is 0 Å². The zero-order valence-corrected chi connectivity index (χ0v) is 20.4. The fourth-order valence-corrected chi connectivity index (χ4v) is 4.69. The molecule has 3 aromatic carbocycles. The number of hydrogen-bond donors (Lipinski definition) is 0. The topological polar surface area (TPSA) is 108 Å². The Morgan fingerprint density at radius 2 is 1.70 bits per heavy atom. The largest absolute Gasteiger partial charge is 0.497 e. The molecule has 1 fully saturated rings. The Morgan fingerprint density at radius 1 is 1.00 bits per heavy atom. The van der Waals surface area contributed by atoms with Gasteiger partial charge >= 0.3 is 0 Å². The molecule has 2 amide bonds. The molecule has 0 aliphatic carbocycles. The molecular weight excluding hydrogens is 492 g/mol. The van der Waals surface area contributed by atoms with Crippen LogP contribution >= 0.6 is 11.8 Å². The van der Waals surface area contributed by atoms with Crippen LogP contribution in [0.4, 0.5) is 10.5 Å². The van der Waals surface area contributed by atoms with Crippen LogP contribution in [0.15, 0.2) is 90.0 Å². The first-order valence-electron chi connectivity index (χ1n) is 11.2. The van der Waals surface area contributed by atoms with Crippen molar-refractivity contribution in [3.05, 3.63) is 111 Å². The average Bonchev–Trinajstić information content (AvgIpc) is 3.46. The Labute approximate surface area is 216 Å². The third-order valence-electron chi connectivity index (χ3n) is 5.77. The number of carbonyl (C=O) groups is 2. The molecule has 4 aromatic rings. The van der Waals surface area contributed by atoms with Gasteiger partial charge in [-0.1, -0.05) is 30.3 Å². The number of para-hydroxylation sites is 1. The van der Waals surface area contributed by atoms with Gasteiger partial charge in [0.05, 0.1) is 34.9 Å². The summed E-state index contributed by atoms with van der Waals surface area (Å²) in [6.45, 7) is 0.0224. The van der Waals surface area contributed by atoms with Crippen molar-refractivity contribution in [2.75, 3.05) is 7.11 Å². The lowest BCUT2D eigenvalue weighted by Gasteiger charge is -2.12. The van der Waals surface area contributed by atoms with Gasteiger partial charge in [-0.25, -0.2) is 4.68 Å². The standard InChI is InChI=1S/C27H20N4O5S/c1-36-23-13-9-19(10-14-23)25-20(17-30(28-25)21-5-3-2-4-6-21)15-24-26(32)29(27(33)37-24)16-18-7-11-22(12-8-18)31(34)35/h2-15,17H,16H2,1H3/b24-15-. The molecule has 0 unspecified atom stereocenters. The van der Waals surface area contributed by atoms with Gasteiger partial charge in [-0.2, -0.15) is 5.10 Å². The van der Waals surface area contributed by atoms with Crippen LogP contribution < -0.4 is 4.74 Å². The molecule has 0 spiro atoms. The second-order valence-electron chi connectivity index (χ2n) is 8.13. The number of nitro benzene ring substituents is 1. The summed E-state index contributed by atoms with van der Waals surface area (Å²) in [5.41, 5.74) is 3.56. The Bertz CT molecular complexity index is 1510. The molecule has 9 nitrogen and oxygen atoms in total. The number of aromatic nitrogens is 2. The molecule has 1 aromatic heterocycles. The van der Waals surface area contributed by atoms with Crippen molar-refractivity contribution in [1.82, 2.24) is 14.7 Å². The first kappa shape index (κ1) is 24.0. The molecule has 0 saturated carbocycles. The van der Waals surface area contributed by atoms with E-state index in [-0.39, 0.29) is 17.1 Å². The van der Waals surface area contributed by atoms with Gasteiger partial charge in [-0.05, 0) is 59.8 Å². The van der Waals surface area contributed by atoms with Crippen molar-refractivity contribution in [1.29, 1.82) is 0 Å². The van der Waals surface area contributed by atoms with E-state index in [0.717, 1.165) is 27.9 Å². The van der Waals surface area contributed by atoms with E-state index in [2.05, 4.69) is 0 Å². The van der Waals surface area contributed by atoms with Gasteiger partial charge in [-0.15, -0.1) is 0 Å². The third-order valence-corrected chi connectivity index (χ3v) is 6.68. The molecule has 0 bridgehead atoms. The minimum atomic E-state index is -0.497. The number of nitrogens with zero attached hydrogens (tertiary/aromatic N) is 4. The minimum Gasteiger partial charge on any atom is -0.497 e. The second kappa shape index (κ2) is 10.1. The van der Waals surface area contributed by atoms with Crippen molar-refractivity contribution in [3.63, 3.8) is 0 Å². The first-order valence-corrected chi connectivity index (χ1v) is 12.0. The van der Waals surface area contributed by atoms with E-state index in [1.807, 2.05) is 60.8 Å².